The van der Waals surface area contributed by atoms with Crippen LogP contribution in [0, 0.1) is 0 Å². The first-order valence-corrected chi connectivity index (χ1v) is 7.97. The van der Waals surface area contributed by atoms with E-state index in [9.17, 15) is 4.79 Å². The van der Waals surface area contributed by atoms with E-state index in [-0.39, 0.29) is 5.91 Å². The first-order chi connectivity index (χ1) is 8.56. The molecule has 0 aliphatic carbocycles. The number of carbonyl (C=O) groups excluding carboxylic acids is 1. The van der Waals surface area contributed by atoms with Crippen LogP contribution in [0.1, 0.15) is 24.6 Å². The van der Waals surface area contributed by atoms with Gasteiger partial charge in [-0.1, -0.05) is 11.6 Å². The van der Waals surface area contributed by atoms with Crippen LogP contribution in [0.4, 0.5) is 0 Å². The molecule has 1 aliphatic heterocycles. The third kappa shape index (κ3) is 3.70. The van der Waals surface area contributed by atoms with Gasteiger partial charge >= 0.3 is 0 Å². The van der Waals surface area contributed by atoms with Gasteiger partial charge in [-0.2, -0.15) is 0 Å². The maximum Gasteiger partial charge on any atom is 0.219 e. The second-order valence-electron chi connectivity index (χ2n) is 4.50. The van der Waals surface area contributed by atoms with Gasteiger partial charge in [0.25, 0.3) is 0 Å². The summed E-state index contributed by atoms with van der Waals surface area (Å²) in [4.78, 5) is 14.4. The first kappa shape index (κ1) is 14.3. The number of hydrogen-bond acceptors (Lipinski definition) is 3. The normalized spacial score (nSPS) is 17.2. The molecule has 0 aromatic carbocycles. The van der Waals surface area contributed by atoms with Gasteiger partial charge in [-0.25, -0.2) is 0 Å². The molecular formula is C12H16BrClN2OS. The van der Waals surface area contributed by atoms with Crippen LogP contribution in [0.15, 0.2) is 10.5 Å². The zero-order chi connectivity index (χ0) is 13.1. The third-order valence-electron chi connectivity index (χ3n) is 3.20. The molecule has 100 valence electrons. The molecule has 1 N–H and O–H groups in total. The standard InChI is InChI=1S/C12H16BrClN2OS/c1-8(17)16-4-2-9(3-5-16)15-7-10-6-11(13)12(14)18-10/h6,9,15H,2-5,7H2,1H3. The molecule has 0 radical (unpaired) electrons. The fourth-order valence-corrected chi connectivity index (χ4v) is 3.86. The quantitative estimate of drug-likeness (QED) is 0.906. The van der Waals surface area contributed by atoms with Gasteiger partial charge in [0.05, 0.1) is 0 Å². The highest BCUT2D eigenvalue weighted by atomic mass is 79.9. The Labute approximate surface area is 125 Å². The fourth-order valence-electron chi connectivity index (χ4n) is 2.12. The highest BCUT2D eigenvalue weighted by molar-refractivity contribution is 9.10. The van der Waals surface area contributed by atoms with Crippen LogP contribution in [0.5, 0.6) is 0 Å². The molecule has 1 fully saturated rings. The summed E-state index contributed by atoms with van der Waals surface area (Å²) in [5, 5.41) is 3.53. The minimum Gasteiger partial charge on any atom is -0.343 e. The third-order valence-corrected chi connectivity index (χ3v) is 5.68. The number of nitrogens with one attached hydrogen (secondary N) is 1. The Kier molecular flexibility index (Phi) is 5.06. The number of nitrogens with zero attached hydrogens (tertiary/aromatic N) is 1. The van der Waals surface area contributed by atoms with Gasteiger partial charge in [0.15, 0.2) is 0 Å². The van der Waals surface area contributed by atoms with Gasteiger partial charge in [0.1, 0.15) is 4.34 Å². The van der Waals surface area contributed by atoms with Crippen molar-refractivity contribution in [3.05, 3.63) is 19.8 Å². The second kappa shape index (κ2) is 6.37. The van der Waals surface area contributed by atoms with Gasteiger partial charge in [-0.15, -0.1) is 11.3 Å². The van der Waals surface area contributed by atoms with Crippen LogP contribution in [0.25, 0.3) is 0 Å². The summed E-state index contributed by atoms with van der Waals surface area (Å²) < 4.78 is 1.77. The molecule has 2 rings (SSSR count). The Morgan fingerprint density at radius 2 is 2.28 bits per heavy atom. The number of likely N-dealkylation sites (tertiary alicyclic amines) is 1. The number of piperidine rings is 1. The number of amides is 1. The van der Waals surface area contributed by atoms with Crippen molar-refractivity contribution in [1.82, 2.24) is 10.2 Å². The summed E-state index contributed by atoms with van der Waals surface area (Å²) in [6, 6.07) is 2.56. The monoisotopic (exact) mass is 350 g/mol. The van der Waals surface area contributed by atoms with Crippen LogP contribution >= 0.6 is 38.9 Å². The minimum absolute atomic E-state index is 0.183. The zero-order valence-corrected chi connectivity index (χ0v) is 13.4. The molecule has 1 aromatic heterocycles. The molecule has 0 saturated carbocycles. The van der Waals surface area contributed by atoms with E-state index in [4.69, 9.17) is 11.6 Å². The summed E-state index contributed by atoms with van der Waals surface area (Å²) in [6.07, 6.45) is 2.06. The number of hydrogen-bond donors (Lipinski definition) is 1. The lowest BCUT2D eigenvalue weighted by Gasteiger charge is -2.31. The van der Waals surface area contributed by atoms with Crippen molar-refractivity contribution >= 4 is 44.8 Å². The topological polar surface area (TPSA) is 32.3 Å². The van der Waals surface area contributed by atoms with Gasteiger partial charge in [-0.3, -0.25) is 4.79 Å². The smallest absolute Gasteiger partial charge is 0.219 e. The average molecular weight is 352 g/mol. The molecule has 1 aliphatic rings. The molecule has 18 heavy (non-hydrogen) atoms. The Hall–Kier alpha value is -0.100. The van der Waals surface area contributed by atoms with Crippen molar-refractivity contribution in [2.45, 2.75) is 32.4 Å². The lowest BCUT2D eigenvalue weighted by atomic mass is 10.1. The van der Waals surface area contributed by atoms with Gasteiger partial charge < -0.3 is 10.2 Å². The maximum absolute atomic E-state index is 11.2. The van der Waals surface area contributed by atoms with E-state index in [1.165, 1.54) is 4.88 Å². The molecule has 3 nitrogen and oxygen atoms in total. The van der Waals surface area contributed by atoms with Crippen LogP contribution in [0.3, 0.4) is 0 Å². The van der Waals surface area contributed by atoms with Crippen molar-refractivity contribution in [3.8, 4) is 0 Å². The summed E-state index contributed by atoms with van der Waals surface area (Å²) in [6.45, 7) is 4.21. The first-order valence-electron chi connectivity index (χ1n) is 5.99. The van der Waals surface area contributed by atoms with Crippen molar-refractivity contribution in [3.63, 3.8) is 0 Å². The Balaban J connectivity index is 1.77. The van der Waals surface area contributed by atoms with Gasteiger partial charge in [0.2, 0.25) is 5.91 Å². The predicted molar refractivity (Wildman–Crippen MR) is 79.1 cm³/mol. The lowest BCUT2D eigenvalue weighted by molar-refractivity contribution is -0.129. The molecule has 0 spiro atoms. The molecule has 1 aromatic rings. The summed E-state index contributed by atoms with van der Waals surface area (Å²) in [5.74, 6) is 0.183. The molecule has 2 heterocycles. The summed E-state index contributed by atoms with van der Waals surface area (Å²) >= 11 is 11.0. The summed E-state index contributed by atoms with van der Waals surface area (Å²) in [7, 11) is 0. The molecule has 0 bridgehead atoms. The van der Waals surface area contributed by atoms with E-state index in [0.29, 0.717) is 6.04 Å². The van der Waals surface area contributed by atoms with E-state index in [2.05, 4.69) is 27.3 Å². The predicted octanol–water partition coefficient (Wildman–Crippen LogP) is 3.26. The Morgan fingerprint density at radius 3 is 2.78 bits per heavy atom. The van der Waals surface area contributed by atoms with Crippen LogP contribution in [-0.2, 0) is 11.3 Å². The fraction of sp³-hybridized carbons (Fsp3) is 0.583. The number of rotatable bonds is 3. The largest absolute Gasteiger partial charge is 0.343 e. The van der Waals surface area contributed by atoms with E-state index in [1.54, 1.807) is 18.3 Å². The van der Waals surface area contributed by atoms with E-state index < -0.39 is 0 Å². The SMILES string of the molecule is CC(=O)N1CCC(NCc2cc(Br)c(Cl)s2)CC1. The van der Waals surface area contributed by atoms with Gasteiger partial charge in [-0.05, 0) is 34.8 Å². The van der Waals surface area contributed by atoms with Crippen LogP contribution in [-0.4, -0.2) is 29.9 Å². The van der Waals surface area contributed by atoms with E-state index >= 15 is 0 Å². The molecular weight excluding hydrogens is 336 g/mol. The average Bonchev–Trinajstić information content (AvgIpc) is 2.67. The second-order valence-corrected chi connectivity index (χ2v) is 7.09. The van der Waals surface area contributed by atoms with Crippen LogP contribution in [0.2, 0.25) is 4.34 Å². The lowest BCUT2D eigenvalue weighted by Crippen LogP contribution is -2.43. The zero-order valence-electron chi connectivity index (χ0n) is 10.2. The maximum atomic E-state index is 11.2. The van der Waals surface area contributed by atoms with Crippen molar-refractivity contribution in [1.29, 1.82) is 0 Å². The number of carbonyl (C=O) groups is 1. The van der Waals surface area contributed by atoms with Crippen molar-refractivity contribution in [2.75, 3.05) is 13.1 Å². The molecule has 0 atom stereocenters. The van der Waals surface area contributed by atoms with Crippen molar-refractivity contribution < 1.29 is 4.79 Å². The van der Waals surface area contributed by atoms with Crippen LogP contribution < -0.4 is 5.32 Å². The van der Waals surface area contributed by atoms with Gasteiger partial charge in [0, 0.05) is 41.9 Å². The van der Waals surface area contributed by atoms with Crippen molar-refractivity contribution in [2.24, 2.45) is 0 Å². The molecule has 1 amide bonds. The van der Waals surface area contributed by atoms with E-state index in [1.807, 2.05) is 4.90 Å². The molecule has 1 saturated heterocycles. The minimum atomic E-state index is 0.183. The Bertz CT molecular complexity index is 410. The highest BCUT2D eigenvalue weighted by Gasteiger charge is 2.20. The Morgan fingerprint density at radius 1 is 1.61 bits per heavy atom. The number of thiophene rings is 1. The number of halogens is 2. The summed E-state index contributed by atoms with van der Waals surface area (Å²) in [5.41, 5.74) is 0. The highest BCUT2D eigenvalue weighted by Crippen LogP contribution is 2.31. The van der Waals surface area contributed by atoms with E-state index in [0.717, 1.165) is 41.3 Å². The molecule has 6 heteroatoms. The molecule has 0 unspecified atom stereocenters.